The van der Waals surface area contributed by atoms with E-state index in [4.69, 9.17) is 5.11 Å². The van der Waals surface area contributed by atoms with Gasteiger partial charge in [-0.05, 0) is 18.6 Å². The van der Waals surface area contributed by atoms with Gasteiger partial charge in [0, 0.05) is 37.5 Å². The second kappa shape index (κ2) is 5.20. The number of hydrogen-bond donors (Lipinski definition) is 1. The lowest BCUT2D eigenvalue weighted by Crippen LogP contribution is -2.40. The molecule has 0 spiro atoms. The van der Waals surface area contributed by atoms with Gasteiger partial charge in [0.25, 0.3) is 5.91 Å². The first kappa shape index (κ1) is 13.1. The summed E-state index contributed by atoms with van der Waals surface area (Å²) in [4.78, 5) is 31.8. The van der Waals surface area contributed by atoms with Crippen LogP contribution in [0.3, 0.4) is 0 Å². The molecule has 0 aliphatic carbocycles. The van der Waals surface area contributed by atoms with Gasteiger partial charge in [-0.1, -0.05) is 0 Å². The molecule has 106 valence electrons. The van der Waals surface area contributed by atoms with E-state index in [2.05, 4.69) is 4.98 Å². The van der Waals surface area contributed by atoms with Gasteiger partial charge in [-0.15, -0.1) is 0 Å². The van der Waals surface area contributed by atoms with Gasteiger partial charge in [-0.25, -0.2) is 0 Å². The van der Waals surface area contributed by atoms with E-state index in [1.54, 1.807) is 34.3 Å². The molecule has 3 heterocycles. The minimum Gasteiger partial charge on any atom is -0.395 e. The van der Waals surface area contributed by atoms with Crippen LogP contribution in [-0.2, 0) is 4.79 Å². The van der Waals surface area contributed by atoms with Crippen molar-refractivity contribution in [3.8, 4) is 0 Å². The van der Waals surface area contributed by atoms with Gasteiger partial charge < -0.3 is 14.9 Å². The number of aliphatic hydroxyl groups is 1. The van der Waals surface area contributed by atoms with Gasteiger partial charge in [-0.2, -0.15) is 0 Å². The Bertz CT molecular complexity index is 520. The van der Waals surface area contributed by atoms with Crippen molar-refractivity contribution in [2.24, 2.45) is 0 Å². The molecule has 2 aliphatic heterocycles. The lowest BCUT2D eigenvalue weighted by molar-refractivity contribution is -0.129. The molecule has 0 radical (unpaired) electrons. The summed E-state index contributed by atoms with van der Waals surface area (Å²) >= 11 is 0. The number of nitrogens with zero attached hydrogens (tertiary/aromatic N) is 3. The Morgan fingerprint density at radius 1 is 1.35 bits per heavy atom. The highest BCUT2D eigenvalue weighted by Gasteiger charge is 2.47. The molecule has 1 aromatic rings. The van der Waals surface area contributed by atoms with Crippen LogP contribution in [0.5, 0.6) is 0 Å². The van der Waals surface area contributed by atoms with E-state index < -0.39 is 0 Å². The first-order valence-electron chi connectivity index (χ1n) is 6.83. The quantitative estimate of drug-likeness (QED) is 0.835. The first-order valence-corrected chi connectivity index (χ1v) is 6.83. The molecule has 0 bridgehead atoms. The van der Waals surface area contributed by atoms with Crippen molar-refractivity contribution in [3.05, 3.63) is 30.1 Å². The lowest BCUT2D eigenvalue weighted by Gasteiger charge is -2.25. The summed E-state index contributed by atoms with van der Waals surface area (Å²) in [5.41, 5.74) is 0.605. The highest BCUT2D eigenvalue weighted by molar-refractivity contribution is 5.95. The number of pyridine rings is 1. The van der Waals surface area contributed by atoms with Crippen LogP contribution in [0.1, 0.15) is 23.2 Å². The second-order valence-corrected chi connectivity index (χ2v) is 5.17. The average molecular weight is 275 g/mol. The molecule has 20 heavy (non-hydrogen) atoms. The molecule has 1 aromatic heterocycles. The molecule has 2 atom stereocenters. The van der Waals surface area contributed by atoms with Gasteiger partial charge in [0.1, 0.15) is 0 Å². The molecular formula is C14H17N3O3. The van der Waals surface area contributed by atoms with Gasteiger partial charge >= 0.3 is 0 Å². The molecule has 0 saturated carbocycles. The predicted octanol–water partition coefficient (Wildman–Crippen LogP) is -0.111. The van der Waals surface area contributed by atoms with E-state index in [9.17, 15) is 9.59 Å². The number of β-amino-alcohol motifs (C(OH)–C–C–N with tert-alkyl or cyclic N) is 1. The van der Waals surface area contributed by atoms with E-state index in [0.717, 1.165) is 6.42 Å². The zero-order valence-corrected chi connectivity index (χ0v) is 11.1. The fourth-order valence-corrected chi connectivity index (χ4v) is 3.24. The van der Waals surface area contributed by atoms with Gasteiger partial charge in [0.05, 0.1) is 18.7 Å². The minimum absolute atomic E-state index is 0.0290. The van der Waals surface area contributed by atoms with Crippen molar-refractivity contribution in [1.29, 1.82) is 0 Å². The number of aliphatic hydroxyl groups excluding tert-OH is 1. The molecule has 2 fully saturated rings. The topological polar surface area (TPSA) is 73.7 Å². The van der Waals surface area contributed by atoms with E-state index in [0.29, 0.717) is 25.1 Å². The first-order chi connectivity index (χ1) is 9.72. The average Bonchev–Trinajstić information content (AvgIpc) is 3.00. The van der Waals surface area contributed by atoms with Crippen molar-refractivity contribution in [2.75, 3.05) is 19.7 Å². The third kappa shape index (κ3) is 2.06. The van der Waals surface area contributed by atoms with Crippen LogP contribution < -0.4 is 0 Å². The summed E-state index contributed by atoms with van der Waals surface area (Å²) in [7, 11) is 0. The largest absolute Gasteiger partial charge is 0.395 e. The van der Waals surface area contributed by atoms with Crippen molar-refractivity contribution >= 4 is 11.8 Å². The highest BCUT2D eigenvalue weighted by Crippen LogP contribution is 2.33. The summed E-state index contributed by atoms with van der Waals surface area (Å²) in [5, 5.41) is 9.04. The van der Waals surface area contributed by atoms with Crippen LogP contribution in [0.4, 0.5) is 0 Å². The Morgan fingerprint density at radius 3 is 2.80 bits per heavy atom. The van der Waals surface area contributed by atoms with E-state index in [1.165, 1.54) is 0 Å². The number of carbonyl (C=O) groups excluding carboxylic acids is 2. The normalized spacial score (nSPS) is 25.1. The van der Waals surface area contributed by atoms with Crippen LogP contribution in [0, 0.1) is 0 Å². The molecule has 1 N–H and O–H groups in total. The predicted molar refractivity (Wildman–Crippen MR) is 70.9 cm³/mol. The van der Waals surface area contributed by atoms with Crippen molar-refractivity contribution in [3.63, 3.8) is 0 Å². The maximum Gasteiger partial charge on any atom is 0.254 e. The Balaban J connectivity index is 1.78. The Hall–Kier alpha value is -1.95. The monoisotopic (exact) mass is 275 g/mol. The lowest BCUT2D eigenvalue weighted by atomic mass is 10.1. The maximum atomic E-state index is 12.5. The van der Waals surface area contributed by atoms with E-state index in [1.807, 2.05) is 0 Å². The van der Waals surface area contributed by atoms with Crippen molar-refractivity contribution < 1.29 is 14.7 Å². The summed E-state index contributed by atoms with van der Waals surface area (Å²) < 4.78 is 0. The van der Waals surface area contributed by atoms with Crippen molar-refractivity contribution in [1.82, 2.24) is 14.8 Å². The molecule has 0 unspecified atom stereocenters. The van der Waals surface area contributed by atoms with Gasteiger partial charge in [0.15, 0.2) is 0 Å². The van der Waals surface area contributed by atoms with E-state index >= 15 is 0 Å². The number of rotatable bonds is 3. The second-order valence-electron chi connectivity index (χ2n) is 5.17. The number of aromatic nitrogens is 1. The zero-order chi connectivity index (χ0) is 14.1. The van der Waals surface area contributed by atoms with Crippen LogP contribution in [0.2, 0.25) is 0 Å². The fraction of sp³-hybridized carbons (Fsp3) is 0.500. The summed E-state index contributed by atoms with van der Waals surface area (Å²) in [5.74, 6) is -0.0140. The standard InChI is InChI=1S/C14H17N3O3/c18-8-7-16-11-3-6-17(12(11)9-13(16)19)14(20)10-1-4-15-5-2-10/h1-2,4-5,11-12,18H,3,6-9H2/t11-,12-/m1/s1. The smallest absolute Gasteiger partial charge is 0.254 e. The van der Waals surface area contributed by atoms with E-state index in [-0.39, 0.29) is 30.5 Å². The molecule has 2 amide bonds. The summed E-state index contributed by atoms with van der Waals surface area (Å²) in [6.45, 7) is 0.982. The molecule has 0 aromatic carbocycles. The molecule has 2 saturated heterocycles. The van der Waals surface area contributed by atoms with Crippen molar-refractivity contribution in [2.45, 2.75) is 24.9 Å². The Kier molecular flexibility index (Phi) is 3.40. The summed E-state index contributed by atoms with van der Waals surface area (Å²) in [6, 6.07) is 3.38. The highest BCUT2D eigenvalue weighted by atomic mass is 16.3. The number of carbonyl (C=O) groups is 2. The molecule has 2 aliphatic rings. The minimum atomic E-state index is -0.0604. The number of fused-ring (bicyclic) bond motifs is 1. The van der Waals surface area contributed by atoms with Crippen LogP contribution in [-0.4, -0.2) is 63.5 Å². The van der Waals surface area contributed by atoms with Crippen LogP contribution >= 0.6 is 0 Å². The number of amides is 2. The third-order valence-electron chi connectivity index (χ3n) is 4.14. The molecule has 3 rings (SSSR count). The molecule has 6 nitrogen and oxygen atoms in total. The van der Waals surface area contributed by atoms with Gasteiger partial charge in [-0.3, -0.25) is 14.6 Å². The summed E-state index contributed by atoms with van der Waals surface area (Å²) in [6.07, 6.45) is 4.34. The van der Waals surface area contributed by atoms with Crippen LogP contribution in [0.15, 0.2) is 24.5 Å². The zero-order valence-electron chi connectivity index (χ0n) is 11.1. The fourth-order valence-electron chi connectivity index (χ4n) is 3.24. The molecular weight excluding hydrogens is 258 g/mol. The maximum absolute atomic E-state index is 12.5. The number of likely N-dealkylation sites (tertiary alicyclic amines) is 2. The van der Waals surface area contributed by atoms with Crippen LogP contribution in [0.25, 0.3) is 0 Å². The Labute approximate surface area is 117 Å². The van der Waals surface area contributed by atoms with Gasteiger partial charge in [0.2, 0.25) is 5.91 Å². The molecule has 6 heteroatoms. The number of hydrogen-bond acceptors (Lipinski definition) is 4. The SMILES string of the molecule is O=C1C[C@@H]2[C@@H](CCN2C(=O)c2ccncc2)N1CCO. The Morgan fingerprint density at radius 2 is 2.10 bits per heavy atom. The third-order valence-corrected chi connectivity index (χ3v) is 4.14.